The third-order valence-electron chi connectivity index (χ3n) is 4.27. The smallest absolute Gasteiger partial charge is 0.270 e. The largest absolute Gasteiger partial charge is 0.308 e. The predicted molar refractivity (Wildman–Crippen MR) is 106 cm³/mol. The summed E-state index contributed by atoms with van der Waals surface area (Å²) in [5, 5.41) is 19.1. The van der Waals surface area contributed by atoms with Gasteiger partial charge in [-0.05, 0) is 37.1 Å². The highest BCUT2D eigenvalue weighted by Crippen LogP contribution is 2.38. The fraction of sp³-hybridized carbons (Fsp3) is 0.167. The van der Waals surface area contributed by atoms with Crippen molar-refractivity contribution in [3.05, 3.63) is 67.2 Å². The van der Waals surface area contributed by atoms with Crippen molar-refractivity contribution >= 4 is 52.2 Å². The van der Waals surface area contributed by atoms with Crippen LogP contribution in [-0.4, -0.2) is 22.6 Å². The molecule has 0 unspecified atom stereocenters. The molecule has 0 atom stereocenters. The molecule has 1 aliphatic heterocycles. The van der Waals surface area contributed by atoms with E-state index in [9.17, 15) is 19.7 Å². The number of nitrogens with zero attached hydrogens (tertiary/aromatic N) is 3. The van der Waals surface area contributed by atoms with Gasteiger partial charge in [-0.3, -0.25) is 19.7 Å². The first-order valence-electron chi connectivity index (χ1n) is 8.10. The van der Waals surface area contributed by atoms with E-state index in [1.807, 2.05) is 13.8 Å². The van der Waals surface area contributed by atoms with Gasteiger partial charge in [0, 0.05) is 17.7 Å². The van der Waals surface area contributed by atoms with Gasteiger partial charge in [0.15, 0.2) is 0 Å². The summed E-state index contributed by atoms with van der Waals surface area (Å²) in [7, 11) is 0. The number of hydrazone groups is 1. The number of hydrogen-bond donors (Lipinski definition) is 1. The summed E-state index contributed by atoms with van der Waals surface area (Å²) in [6.07, 6.45) is -0.151. The number of rotatable bonds is 3. The highest BCUT2D eigenvalue weighted by molar-refractivity contribution is 6.44. The van der Waals surface area contributed by atoms with Crippen molar-refractivity contribution in [1.29, 1.82) is 0 Å². The maximum Gasteiger partial charge on any atom is 0.270 e. The van der Waals surface area contributed by atoms with Crippen molar-refractivity contribution in [2.45, 2.75) is 20.3 Å². The van der Waals surface area contributed by atoms with Crippen LogP contribution in [-0.2, 0) is 4.79 Å². The molecule has 1 N–H and O–H groups in total. The Bertz CT molecular complexity index is 1050. The highest BCUT2D eigenvalue weighted by atomic mass is 35.5. The van der Waals surface area contributed by atoms with Gasteiger partial charge in [0.1, 0.15) is 5.84 Å². The summed E-state index contributed by atoms with van der Waals surface area (Å²) in [4.78, 5) is 35.0. The second kappa shape index (κ2) is 7.57. The number of hydrogen-bond acceptors (Lipinski definition) is 5. The molecule has 2 amide bonds. The first-order valence-corrected chi connectivity index (χ1v) is 8.86. The number of nitrogens with one attached hydrogen (secondary N) is 1. The Kier molecular flexibility index (Phi) is 5.35. The zero-order valence-electron chi connectivity index (χ0n) is 14.8. The van der Waals surface area contributed by atoms with E-state index in [1.54, 1.807) is 6.07 Å². The van der Waals surface area contributed by atoms with Crippen LogP contribution in [0.4, 0.5) is 11.4 Å². The number of amides is 2. The molecular weight excluding hydrogens is 407 g/mol. The summed E-state index contributed by atoms with van der Waals surface area (Å²) in [5.74, 6) is -0.899. The van der Waals surface area contributed by atoms with E-state index >= 15 is 0 Å². The summed E-state index contributed by atoms with van der Waals surface area (Å²) >= 11 is 12.5. The Balaban J connectivity index is 1.86. The normalized spacial score (nSPS) is 13.5. The van der Waals surface area contributed by atoms with Crippen molar-refractivity contribution in [1.82, 2.24) is 5.32 Å². The maximum atomic E-state index is 12.4. The van der Waals surface area contributed by atoms with E-state index in [0.29, 0.717) is 10.7 Å². The molecular formula is C18H14Cl2N4O4. The van der Waals surface area contributed by atoms with Crippen molar-refractivity contribution in [3.63, 3.8) is 0 Å². The second-order valence-electron chi connectivity index (χ2n) is 6.16. The first-order chi connectivity index (χ1) is 13.2. The number of carbonyl (C=O) groups is 2. The van der Waals surface area contributed by atoms with Crippen molar-refractivity contribution in [3.8, 4) is 0 Å². The summed E-state index contributed by atoms with van der Waals surface area (Å²) < 4.78 is 0. The third-order valence-corrected chi connectivity index (χ3v) is 5.22. The molecule has 0 aliphatic carbocycles. The molecule has 0 spiro atoms. The van der Waals surface area contributed by atoms with Gasteiger partial charge in [0.2, 0.25) is 0 Å². The average molecular weight is 421 g/mol. The molecule has 3 rings (SSSR count). The van der Waals surface area contributed by atoms with Gasteiger partial charge < -0.3 is 5.32 Å². The standard InChI is InChI=1S/C18H14Cl2N4O4/c1-9-6-13(17(20)16(19)10(9)2)23-15(25)8-14(22-23)21-18(26)11-4-3-5-12(7-11)24(27)28/h3-7H,8H2,1-2H3,(H,21,22,26). The number of nitro groups is 1. The SMILES string of the molecule is Cc1cc(N2N=C(NC(=O)c3cccc([N+](=O)[O-])c3)CC2=O)c(Cl)c(Cl)c1C. The zero-order valence-corrected chi connectivity index (χ0v) is 16.3. The molecule has 2 aromatic carbocycles. The van der Waals surface area contributed by atoms with Gasteiger partial charge >= 0.3 is 0 Å². The molecule has 1 aliphatic rings. The number of halogens is 2. The summed E-state index contributed by atoms with van der Waals surface area (Å²) in [6.45, 7) is 3.64. The molecule has 0 aromatic heterocycles. The maximum absolute atomic E-state index is 12.4. The molecule has 0 saturated heterocycles. The van der Waals surface area contributed by atoms with E-state index in [4.69, 9.17) is 23.2 Å². The average Bonchev–Trinajstić information content (AvgIpc) is 3.02. The van der Waals surface area contributed by atoms with Crippen LogP contribution in [0, 0.1) is 24.0 Å². The minimum atomic E-state index is -0.610. The lowest BCUT2D eigenvalue weighted by Crippen LogP contribution is -2.29. The number of carbonyl (C=O) groups excluding carboxylic acids is 2. The third kappa shape index (κ3) is 3.69. The van der Waals surface area contributed by atoms with E-state index < -0.39 is 16.7 Å². The zero-order chi connectivity index (χ0) is 20.6. The minimum Gasteiger partial charge on any atom is -0.308 e. The van der Waals surface area contributed by atoms with Gasteiger partial charge in [0.05, 0.1) is 27.1 Å². The van der Waals surface area contributed by atoms with Crippen molar-refractivity contribution < 1.29 is 14.5 Å². The fourth-order valence-electron chi connectivity index (χ4n) is 2.63. The molecule has 28 heavy (non-hydrogen) atoms. The number of benzene rings is 2. The fourth-order valence-corrected chi connectivity index (χ4v) is 3.15. The van der Waals surface area contributed by atoms with Crippen LogP contribution in [0.3, 0.4) is 0 Å². The monoisotopic (exact) mass is 420 g/mol. The molecule has 0 saturated carbocycles. The number of anilines is 1. The van der Waals surface area contributed by atoms with Gasteiger partial charge in [-0.25, -0.2) is 0 Å². The van der Waals surface area contributed by atoms with Gasteiger partial charge in [0.25, 0.3) is 17.5 Å². The topological polar surface area (TPSA) is 105 Å². The lowest BCUT2D eigenvalue weighted by molar-refractivity contribution is -0.384. The van der Waals surface area contributed by atoms with E-state index in [1.165, 1.54) is 18.2 Å². The lowest BCUT2D eigenvalue weighted by atomic mass is 10.1. The second-order valence-corrected chi connectivity index (χ2v) is 6.91. The Morgan fingerprint density at radius 1 is 1.25 bits per heavy atom. The Morgan fingerprint density at radius 3 is 2.64 bits per heavy atom. The van der Waals surface area contributed by atoms with Crippen LogP contribution >= 0.6 is 23.2 Å². The summed E-state index contributed by atoms with van der Waals surface area (Å²) in [6, 6.07) is 6.94. The first kappa shape index (κ1) is 19.8. The summed E-state index contributed by atoms with van der Waals surface area (Å²) in [5.41, 5.74) is 1.82. The van der Waals surface area contributed by atoms with Crippen molar-refractivity contribution in [2.75, 3.05) is 5.01 Å². The lowest BCUT2D eigenvalue weighted by Gasteiger charge is -2.16. The number of aryl methyl sites for hydroxylation is 1. The molecule has 10 heteroatoms. The molecule has 0 bridgehead atoms. The van der Waals surface area contributed by atoms with Crippen LogP contribution in [0.15, 0.2) is 35.4 Å². The highest BCUT2D eigenvalue weighted by Gasteiger charge is 2.29. The van der Waals surface area contributed by atoms with Crippen LogP contribution in [0.5, 0.6) is 0 Å². The molecule has 2 aromatic rings. The van der Waals surface area contributed by atoms with E-state index in [2.05, 4.69) is 10.4 Å². The molecule has 8 nitrogen and oxygen atoms in total. The van der Waals surface area contributed by atoms with Crippen LogP contribution in [0.1, 0.15) is 27.9 Å². The Morgan fingerprint density at radius 2 is 1.96 bits per heavy atom. The van der Waals surface area contributed by atoms with Crippen LogP contribution in [0.25, 0.3) is 0 Å². The quantitative estimate of drug-likeness (QED) is 0.598. The predicted octanol–water partition coefficient (Wildman–Crippen LogP) is 4.00. The molecule has 0 fully saturated rings. The molecule has 1 heterocycles. The van der Waals surface area contributed by atoms with Crippen LogP contribution < -0.4 is 10.3 Å². The molecule has 144 valence electrons. The van der Waals surface area contributed by atoms with Gasteiger partial charge in [-0.1, -0.05) is 29.3 Å². The number of nitro benzene ring substituents is 1. The van der Waals surface area contributed by atoms with E-state index in [-0.39, 0.29) is 28.5 Å². The molecule has 0 radical (unpaired) electrons. The van der Waals surface area contributed by atoms with Crippen LogP contribution in [0.2, 0.25) is 10.0 Å². The van der Waals surface area contributed by atoms with Gasteiger partial charge in [-0.2, -0.15) is 10.1 Å². The van der Waals surface area contributed by atoms with E-state index in [0.717, 1.165) is 22.2 Å². The number of non-ortho nitro benzene ring substituents is 1. The Hall–Kier alpha value is -2.97. The van der Waals surface area contributed by atoms with Gasteiger partial charge in [-0.15, -0.1) is 0 Å². The van der Waals surface area contributed by atoms with Crippen molar-refractivity contribution in [2.24, 2.45) is 5.10 Å². The Labute approximate surface area is 169 Å². The number of amidine groups is 1. The minimum absolute atomic E-state index is 0.0788.